The molecule has 2 aromatic rings. The Balaban J connectivity index is 1.21. The van der Waals surface area contributed by atoms with Crippen molar-refractivity contribution in [1.82, 2.24) is 9.80 Å². The average molecular weight is 503 g/mol. The maximum absolute atomic E-state index is 13.2. The van der Waals surface area contributed by atoms with Gasteiger partial charge in [-0.05, 0) is 61.7 Å². The van der Waals surface area contributed by atoms with E-state index in [2.05, 4.69) is 0 Å². The van der Waals surface area contributed by atoms with E-state index in [1.165, 1.54) is 18.2 Å². The Bertz CT molecular complexity index is 1080. The van der Waals surface area contributed by atoms with Crippen LogP contribution >= 0.6 is 11.6 Å². The van der Waals surface area contributed by atoms with Crippen molar-refractivity contribution in [2.45, 2.75) is 56.4 Å². The number of aliphatic hydroxyl groups excluding tert-OH is 1. The number of carbonyl (C=O) groups is 2. The predicted molar refractivity (Wildman–Crippen MR) is 127 cm³/mol. The van der Waals surface area contributed by atoms with E-state index in [9.17, 15) is 19.1 Å². The fourth-order valence-corrected chi connectivity index (χ4v) is 5.61. The number of halogens is 2. The normalized spacial score (nSPS) is 25.6. The number of carbonyl (C=O) groups excluding carboxylic acids is 2. The van der Waals surface area contributed by atoms with Crippen LogP contribution in [0.15, 0.2) is 42.5 Å². The van der Waals surface area contributed by atoms with Crippen molar-refractivity contribution >= 4 is 23.4 Å². The van der Waals surface area contributed by atoms with E-state index in [4.69, 9.17) is 21.1 Å². The highest BCUT2D eigenvalue weighted by Crippen LogP contribution is 2.37. The van der Waals surface area contributed by atoms with E-state index in [1.807, 2.05) is 4.90 Å². The van der Waals surface area contributed by atoms with Crippen molar-refractivity contribution in [2.75, 3.05) is 19.7 Å². The molecule has 0 spiro atoms. The lowest BCUT2D eigenvalue weighted by atomic mass is 9.99. The maximum Gasteiger partial charge on any atom is 0.261 e. The highest BCUT2D eigenvalue weighted by atomic mass is 35.5. The summed E-state index contributed by atoms with van der Waals surface area (Å²) in [6.07, 6.45) is 3.20. The summed E-state index contributed by atoms with van der Waals surface area (Å²) >= 11 is 6.13. The molecule has 3 saturated heterocycles. The molecule has 0 saturated carbocycles. The number of fused-ring (bicyclic) bond motifs is 2. The van der Waals surface area contributed by atoms with Crippen LogP contribution in [0.4, 0.5) is 4.39 Å². The molecule has 2 bridgehead atoms. The van der Waals surface area contributed by atoms with Crippen LogP contribution in [0.1, 0.15) is 42.5 Å². The molecule has 5 rings (SSSR count). The summed E-state index contributed by atoms with van der Waals surface area (Å²) in [7, 11) is 0. The van der Waals surface area contributed by atoms with Gasteiger partial charge in [-0.15, -0.1) is 0 Å². The van der Waals surface area contributed by atoms with Crippen LogP contribution in [0.3, 0.4) is 0 Å². The molecule has 3 aliphatic rings. The quantitative estimate of drug-likeness (QED) is 0.652. The SMILES string of the molecule is O=C(c1cc(Cl)ccc1OCC(=O)N1[C@@H]2CC[C@H]1CC(Oc1ccc(F)cc1)C2)N1CC[C@@H](O)C1. The van der Waals surface area contributed by atoms with Gasteiger partial charge < -0.3 is 24.4 Å². The summed E-state index contributed by atoms with van der Waals surface area (Å²) in [6, 6.07) is 10.9. The third-order valence-corrected chi connectivity index (χ3v) is 7.30. The standard InChI is InChI=1S/C26H28ClFN2O5/c27-16-1-8-24(23(11-16)26(33)29-10-9-20(31)14-29)34-15-25(32)30-18-4-5-19(30)13-22(12-18)35-21-6-2-17(28)3-7-21/h1-3,6-8,11,18-20,22,31H,4-5,9-10,12-15H2/t18-,19+,20-,22?/m1/s1. The highest BCUT2D eigenvalue weighted by Gasteiger charge is 2.44. The van der Waals surface area contributed by atoms with Crippen LogP contribution in [0.2, 0.25) is 5.02 Å². The summed E-state index contributed by atoms with van der Waals surface area (Å²) in [5.41, 5.74) is 0.286. The number of hydrogen-bond acceptors (Lipinski definition) is 5. The minimum Gasteiger partial charge on any atom is -0.490 e. The fourth-order valence-electron chi connectivity index (χ4n) is 5.44. The molecule has 0 radical (unpaired) electrons. The maximum atomic E-state index is 13.2. The first-order chi connectivity index (χ1) is 16.9. The Morgan fingerprint density at radius 1 is 1.06 bits per heavy atom. The van der Waals surface area contributed by atoms with Crippen molar-refractivity contribution in [2.24, 2.45) is 0 Å². The topological polar surface area (TPSA) is 79.3 Å². The van der Waals surface area contributed by atoms with Gasteiger partial charge in [0.1, 0.15) is 23.4 Å². The Hall–Kier alpha value is -2.84. The first-order valence-corrected chi connectivity index (χ1v) is 12.4. The Morgan fingerprint density at radius 3 is 2.43 bits per heavy atom. The van der Waals surface area contributed by atoms with Crippen LogP contribution < -0.4 is 9.47 Å². The zero-order valence-electron chi connectivity index (χ0n) is 19.2. The summed E-state index contributed by atoms with van der Waals surface area (Å²) in [5.74, 6) is 0.231. The predicted octanol–water partition coefficient (Wildman–Crippen LogP) is 3.67. The number of rotatable bonds is 6. The number of nitrogens with zero attached hydrogens (tertiary/aromatic N) is 2. The van der Waals surface area contributed by atoms with Crippen molar-refractivity contribution < 1.29 is 28.6 Å². The third-order valence-electron chi connectivity index (χ3n) is 7.07. The summed E-state index contributed by atoms with van der Waals surface area (Å²) in [6.45, 7) is 0.548. The van der Waals surface area contributed by atoms with E-state index in [0.29, 0.717) is 42.3 Å². The number of likely N-dealkylation sites (tertiary alicyclic amines) is 1. The Morgan fingerprint density at radius 2 is 1.77 bits per heavy atom. The highest BCUT2D eigenvalue weighted by molar-refractivity contribution is 6.31. The van der Waals surface area contributed by atoms with Gasteiger partial charge in [0, 0.05) is 43.0 Å². The number of piperidine rings is 1. The zero-order valence-corrected chi connectivity index (χ0v) is 20.0. The molecule has 1 unspecified atom stereocenters. The molecular formula is C26H28ClFN2O5. The van der Waals surface area contributed by atoms with Crippen LogP contribution in [0.5, 0.6) is 11.5 Å². The van der Waals surface area contributed by atoms with E-state index >= 15 is 0 Å². The average Bonchev–Trinajstić information content (AvgIpc) is 3.39. The minimum atomic E-state index is -0.533. The van der Waals surface area contributed by atoms with E-state index < -0.39 is 6.10 Å². The number of ether oxygens (including phenoxy) is 2. The lowest BCUT2D eigenvalue weighted by Gasteiger charge is -2.38. The Kier molecular flexibility index (Phi) is 6.84. The second-order valence-electron chi connectivity index (χ2n) is 9.47. The van der Waals surface area contributed by atoms with Crippen LogP contribution in [-0.4, -0.2) is 70.7 Å². The molecule has 2 amide bonds. The molecule has 3 fully saturated rings. The smallest absolute Gasteiger partial charge is 0.261 e. The molecule has 186 valence electrons. The van der Waals surface area contributed by atoms with Gasteiger partial charge in [-0.3, -0.25) is 9.59 Å². The second kappa shape index (κ2) is 10.0. The summed E-state index contributed by atoms with van der Waals surface area (Å²) in [5, 5.41) is 10.2. The molecule has 2 aromatic carbocycles. The monoisotopic (exact) mass is 502 g/mol. The second-order valence-corrected chi connectivity index (χ2v) is 9.91. The van der Waals surface area contributed by atoms with Crippen molar-refractivity contribution in [3.8, 4) is 11.5 Å². The molecule has 3 aliphatic heterocycles. The van der Waals surface area contributed by atoms with Crippen LogP contribution in [-0.2, 0) is 4.79 Å². The van der Waals surface area contributed by atoms with E-state index in [0.717, 1.165) is 12.8 Å². The minimum absolute atomic E-state index is 0.0285. The fraction of sp³-hybridized carbons (Fsp3) is 0.462. The van der Waals surface area contributed by atoms with Gasteiger partial charge in [-0.2, -0.15) is 0 Å². The summed E-state index contributed by atoms with van der Waals surface area (Å²) < 4.78 is 25.1. The number of aliphatic hydroxyl groups is 1. The number of benzene rings is 2. The van der Waals surface area contributed by atoms with Crippen molar-refractivity contribution in [3.05, 3.63) is 58.9 Å². The van der Waals surface area contributed by atoms with Gasteiger partial charge in [0.15, 0.2) is 6.61 Å². The van der Waals surface area contributed by atoms with Gasteiger partial charge in [0.2, 0.25) is 0 Å². The zero-order chi connectivity index (χ0) is 24.5. The van der Waals surface area contributed by atoms with Crippen LogP contribution in [0, 0.1) is 5.82 Å². The first kappa shape index (κ1) is 23.9. The third kappa shape index (κ3) is 5.23. The summed E-state index contributed by atoms with van der Waals surface area (Å²) in [4.78, 5) is 29.6. The van der Waals surface area contributed by atoms with E-state index in [-0.39, 0.29) is 54.5 Å². The van der Waals surface area contributed by atoms with Gasteiger partial charge >= 0.3 is 0 Å². The lowest BCUT2D eigenvalue weighted by molar-refractivity contribution is -0.139. The molecule has 35 heavy (non-hydrogen) atoms. The number of hydrogen-bond donors (Lipinski definition) is 1. The van der Waals surface area contributed by atoms with Crippen LogP contribution in [0.25, 0.3) is 0 Å². The molecule has 3 heterocycles. The molecule has 1 N–H and O–H groups in total. The molecule has 4 atom stereocenters. The molecule has 7 nitrogen and oxygen atoms in total. The van der Waals surface area contributed by atoms with Gasteiger partial charge in [0.25, 0.3) is 11.8 Å². The van der Waals surface area contributed by atoms with Gasteiger partial charge in [-0.25, -0.2) is 4.39 Å². The first-order valence-electron chi connectivity index (χ1n) is 12.0. The van der Waals surface area contributed by atoms with Crippen molar-refractivity contribution in [3.63, 3.8) is 0 Å². The largest absolute Gasteiger partial charge is 0.490 e. The van der Waals surface area contributed by atoms with Crippen molar-refractivity contribution in [1.29, 1.82) is 0 Å². The molecule has 9 heteroatoms. The number of β-amino-alcohol motifs (C(OH)–C–C–N with tert-alkyl or cyclic N) is 1. The molecular weight excluding hydrogens is 475 g/mol. The lowest BCUT2D eigenvalue weighted by Crippen LogP contribution is -2.50. The van der Waals surface area contributed by atoms with Gasteiger partial charge in [-0.1, -0.05) is 11.6 Å². The molecule has 0 aliphatic carbocycles. The molecule has 0 aromatic heterocycles. The van der Waals surface area contributed by atoms with E-state index in [1.54, 1.807) is 29.2 Å². The van der Waals surface area contributed by atoms with Gasteiger partial charge in [0.05, 0.1) is 11.7 Å². The number of amides is 2. The Labute approximate surface area is 208 Å².